The zero-order chi connectivity index (χ0) is 10.1. The molecular formula is C10H12BrNOS. The average molecular weight is 274 g/mol. The summed E-state index contributed by atoms with van der Waals surface area (Å²) in [4.78, 5) is 13.6. The molecule has 1 unspecified atom stereocenters. The lowest BCUT2D eigenvalue weighted by atomic mass is 10.2. The van der Waals surface area contributed by atoms with Crippen LogP contribution in [0.1, 0.15) is 17.5 Å². The fourth-order valence-electron chi connectivity index (χ4n) is 1.61. The van der Waals surface area contributed by atoms with Crippen molar-refractivity contribution < 1.29 is 4.79 Å². The monoisotopic (exact) mass is 273 g/mol. The molecule has 1 aliphatic heterocycles. The molecule has 1 amide bonds. The smallest absolute Gasteiger partial charge is 0.236 e. The van der Waals surface area contributed by atoms with E-state index in [0.29, 0.717) is 0 Å². The molecule has 0 spiro atoms. The van der Waals surface area contributed by atoms with Crippen molar-refractivity contribution >= 4 is 33.2 Å². The van der Waals surface area contributed by atoms with Gasteiger partial charge in [0.15, 0.2) is 0 Å². The second-order valence-electron chi connectivity index (χ2n) is 3.60. The highest BCUT2D eigenvalue weighted by Crippen LogP contribution is 2.23. The SMILES string of the molecule is Cc1cscc1CN1CCC(Br)C1=O. The van der Waals surface area contributed by atoms with Gasteiger partial charge in [-0.15, -0.1) is 0 Å². The van der Waals surface area contributed by atoms with E-state index in [2.05, 4.69) is 33.6 Å². The normalized spacial score (nSPS) is 22.0. The first kappa shape index (κ1) is 10.2. The van der Waals surface area contributed by atoms with Crippen LogP contribution in [-0.2, 0) is 11.3 Å². The van der Waals surface area contributed by atoms with Gasteiger partial charge in [-0.2, -0.15) is 11.3 Å². The lowest BCUT2D eigenvalue weighted by Crippen LogP contribution is -2.26. The summed E-state index contributed by atoms with van der Waals surface area (Å²) in [6.07, 6.45) is 0.933. The van der Waals surface area contributed by atoms with Gasteiger partial charge in [-0.25, -0.2) is 0 Å². The number of hydrogen-bond acceptors (Lipinski definition) is 2. The van der Waals surface area contributed by atoms with Gasteiger partial charge in [-0.05, 0) is 35.2 Å². The Morgan fingerprint density at radius 2 is 2.43 bits per heavy atom. The predicted octanol–water partition coefficient (Wildman–Crippen LogP) is 2.55. The first-order chi connectivity index (χ1) is 6.68. The summed E-state index contributed by atoms with van der Waals surface area (Å²) >= 11 is 5.08. The van der Waals surface area contributed by atoms with Crippen molar-refractivity contribution in [3.05, 3.63) is 21.9 Å². The van der Waals surface area contributed by atoms with Gasteiger partial charge in [-0.3, -0.25) is 4.79 Å². The molecular weight excluding hydrogens is 262 g/mol. The van der Waals surface area contributed by atoms with Gasteiger partial charge >= 0.3 is 0 Å². The molecule has 2 heterocycles. The van der Waals surface area contributed by atoms with Crippen LogP contribution in [0.4, 0.5) is 0 Å². The maximum atomic E-state index is 11.6. The molecule has 76 valence electrons. The maximum Gasteiger partial charge on any atom is 0.236 e. The van der Waals surface area contributed by atoms with E-state index < -0.39 is 0 Å². The Hall–Kier alpha value is -0.350. The number of alkyl halides is 1. The van der Waals surface area contributed by atoms with Crippen LogP contribution in [0.3, 0.4) is 0 Å². The van der Waals surface area contributed by atoms with Crippen LogP contribution in [0.15, 0.2) is 10.8 Å². The number of aryl methyl sites for hydroxylation is 1. The highest BCUT2D eigenvalue weighted by atomic mass is 79.9. The molecule has 1 aromatic rings. The van der Waals surface area contributed by atoms with Gasteiger partial charge in [0.1, 0.15) is 0 Å². The van der Waals surface area contributed by atoms with Crippen molar-refractivity contribution in [3.63, 3.8) is 0 Å². The third-order valence-corrected chi connectivity index (χ3v) is 4.31. The van der Waals surface area contributed by atoms with Crippen LogP contribution in [0.2, 0.25) is 0 Å². The number of halogens is 1. The van der Waals surface area contributed by atoms with E-state index in [0.717, 1.165) is 19.5 Å². The van der Waals surface area contributed by atoms with E-state index in [9.17, 15) is 4.79 Å². The van der Waals surface area contributed by atoms with Gasteiger partial charge in [0.2, 0.25) is 5.91 Å². The summed E-state index contributed by atoms with van der Waals surface area (Å²) in [7, 11) is 0. The van der Waals surface area contributed by atoms with Gasteiger partial charge in [-0.1, -0.05) is 15.9 Å². The number of hydrogen-bond donors (Lipinski definition) is 0. The second-order valence-corrected chi connectivity index (χ2v) is 5.44. The maximum absolute atomic E-state index is 11.6. The van der Waals surface area contributed by atoms with Crippen molar-refractivity contribution in [1.82, 2.24) is 4.90 Å². The fourth-order valence-corrected chi connectivity index (χ4v) is 2.95. The van der Waals surface area contributed by atoms with Gasteiger partial charge in [0.05, 0.1) is 4.83 Å². The van der Waals surface area contributed by atoms with Crippen LogP contribution in [0.25, 0.3) is 0 Å². The van der Waals surface area contributed by atoms with Crippen molar-refractivity contribution in [2.24, 2.45) is 0 Å². The quantitative estimate of drug-likeness (QED) is 0.759. The molecule has 0 bridgehead atoms. The Morgan fingerprint density at radius 3 is 2.93 bits per heavy atom. The first-order valence-electron chi connectivity index (χ1n) is 4.63. The number of likely N-dealkylation sites (tertiary alicyclic amines) is 1. The number of carbonyl (C=O) groups is 1. The number of thiophene rings is 1. The topological polar surface area (TPSA) is 20.3 Å². The summed E-state index contributed by atoms with van der Waals surface area (Å²) < 4.78 is 0. The minimum Gasteiger partial charge on any atom is -0.337 e. The van der Waals surface area contributed by atoms with Crippen LogP contribution >= 0.6 is 27.3 Å². The zero-order valence-electron chi connectivity index (χ0n) is 8.00. The first-order valence-corrected chi connectivity index (χ1v) is 6.49. The van der Waals surface area contributed by atoms with Crippen LogP contribution < -0.4 is 0 Å². The minimum absolute atomic E-state index is 0.0430. The van der Waals surface area contributed by atoms with Gasteiger partial charge in [0.25, 0.3) is 0 Å². The van der Waals surface area contributed by atoms with Gasteiger partial charge in [0, 0.05) is 13.1 Å². The highest BCUT2D eigenvalue weighted by Gasteiger charge is 2.29. The number of amides is 1. The molecule has 1 saturated heterocycles. The second kappa shape index (κ2) is 4.03. The Labute approximate surface area is 96.0 Å². The summed E-state index contributed by atoms with van der Waals surface area (Å²) in [5, 5.41) is 4.26. The number of carbonyl (C=O) groups excluding carboxylic acids is 1. The lowest BCUT2D eigenvalue weighted by molar-refractivity contribution is -0.127. The molecule has 0 aliphatic carbocycles. The van der Waals surface area contributed by atoms with Crippen LogP contribution in [0.5, 0.6) is 0 Å². The van der Waals surface area contributed by atoms with Crippen molar-refractivity contribution in [3.8, 4) is 0 Å². The van der Waals surface area contributed by atoms with Crippen molar-refractivity contribution in [2.75, 3.05) is 6.54 Å². The van der Waals surface area contributed by atoms with Gasteiger partial charge < -0.3 is 4.90 Å². The molecule has 4 heteroatoms. The van der Waals surface area contributed by atoms with Crippen LogP contribution in [0, 0.1) is 6.92 Å². The summed E-state index contributed by atoms with van der Waals surface area (Å²) in [6.45, 7) is 3.75. The molecule has 0 radical (unpaired) electrons. The molecule has 1 atom stereocenters. The third kappa shape index (κ3) is 1.86. The summed E-state index contributed by atoms with van der Waals surface area (Å²) in [5.41, 5.74) is 2.57. The van der Waals surface area contributed by atoms with E-state index in [1.165, 1.54) is 11.1 Å². The Kier molecular flexibility index (Phi) is 2.93. The molecule has 0 saturated carbocycles. The van der Waals surface area contributed by atoms with E-state index in [-0.39, 0.29) is 10.7 Å². The van der Waals surface area contributed by atoms with Crippen molar-refractivity contribution in [1.29, 1.82) is 0 Å². The van der Waals surface area contributed by atoms with E-state index in [4.69, 9.17) is 0 Å². The summed E-state index contributed by atoms with van der Waals surface area (Å²) in [5.74, 6) is 0.232. The molecule has 2 rings (SSSR count). The molecule has 0 N–H and O–H groups in total. The molecule has 1 fully saturated rings. The largest absolute Gasteiger partial charge is 0.337 e. The molecule has 14 heavy (non-hydrogen) atoms. The van der Waals surface area contributed by atoms with Crippen LogP contribution in [-0.4, -0.2) is 22.2 Å². The summed E-state index contributed by atoms with van der Waals surface area (Å²) in [6, 6.07) is 0. The third-order valence-electron chi connectivity index (χ3n) is 2.55. The van der Waals surface area contributed by atoms with E-state index in [1.54, 1.807) is 11.3 Å². The van der Waals surface area contributed by atoms with E-state index >= 15 is 0 Å². The Bertz CT molecular complexity index is 350. The minimum atomic E-state index is 0.0430. The molecule has 0 aromatic carbocycles. The number of rotatable bonds is 2. The van der Waals surface area contributed by atoms with Crippen molar-refractivity contribution in [2.45, 2.75) is 24.7 Å². The Morgan fingerprint density at radius 1 is 1.64 bits per heavy atom. The predicted molar refractivity (Wildman–Crippen MR) is 61.8 cm³/mol. The molecule has 2 nitrogen and oxygen atoms in total. The average Bonchev–Trinajstić information content (AvgIpc) is 2.68. The fraction of sp³-hybridized carbons (Fsp3) is 0.500. The molecule has 1 aliphatic rings. The standard InChI is InChI=1S/C10H12BrNOS/c1-7-5-14-6-8(7)4-12-3-2-9(11)10(12)13/h5-6,9H,2-4H2,1H3. The zero-order valence-corrected chi connectivity index (χ0v) is 10.4. The number of nitrogens with zero attached hydrogens (tertiary/aromatic N) is 1. The highest BCUT2D eigenvalue weighted by molar-refractivity contribution is 9.10. The Balaban J connectivity index is 2.06. The lowest BCUT2D eigenvalue weighted by Gasteiger charge is -2.15. The van der Waals surface area contributed by atoms with E-state index in [1.807, 2.05) is 4.90 Å². The molecule has 1 aromatic heterocycles.